The van der Waals surface area contributed by atoms with E-state index in [1.165, 1.54) is 4.90 Å². The van der Waals surface area contributed by atoms with Crippen LogP contribution in [-0.4, -0.2) is 78.7 Å². The van der Waals surface area contributed by atoms with E-state index in [4.69, 9.17) is 5.73 Å². The highest BCUT2D eigenvalue weighted by atomic mass is 16.2. The Morgan fingerprint density at radius 3 is 2.04 bits per heavy atom. The molecule has 5 N–H and O–H groups in total. The van der Waals surface area contributed by atoms with Gasteiger partial charge in [0.2, 0.25) is 28.5 Å². The molecule has 0 aromatic heterocycles. The molecule has 1 aromatic carbocycles. The number of nitrogens with one attached hydrogen (secondary N) is 3. The topological polar surface area (TPSA) is 188 Å². The van der Waals surface area contributed by atoms with Crippen LogP contribution >= 0.6 is 0 Å². The van der Waals surface area contributed by atoms with Crippen LogP contribution in [0.3, 0.4) is 0 Å². The molecule has 1 aromatic rings. The number of Topliss-reactive ketones (excluding diaryl/α,β-unsaturated/α-hetero) is 1. The molecule has 5 amide bonds. The maximum Gasteiger partial charge on any atom is 0.315 e. The average molecular weight is 657 g/mol. The molecule has 1 heterocycles. The van der Waals surface area contributed by atoms with Crippen molar-refractivity contribution in [2.45, 2.75) is 106 Å². The van der Waals surface area contributed by atoms with Gasteiger partial charge in [-0.05, 0) is 47.3 Å². The second-order valence-corrected chi connectivity index (χ2v) is 16.7. The zero-order valence-electron chi connectivity index (χ0n) is 29.4. The number of likely N-dealkylation sites (N-methyl/N-ethyl adjacent to an activating group) is 1. The minimum absolute atomic E-state index is 0.0602. The van der Waals surface area contributed by atoms with Gasteiger partial charge < -0.3 is 31.5 Å². The Balaban J connectivity index is 1.52. The first kappa shape index (κ1) is 36.1. The summed E-state index contributed by atoms with van der Waals surface area (Å²) < 4.78 is 0. The number of ketones is 1. The smallest absolute Gasteiger partial charge is 0.315 e. The van der Waals surface area contributed by atoms with Gasteiger partial charge in [-0.15, -0.1) is 0 Å². The number of hydrogen-bond donors (Lipinski definition) is 4. The van der Waals surface area contributed by atoms with E-state index in [0.717, 1.165) is 12.8 Å². The Hall–Kier alpha value is -3.77. The highest BCUT2D eigenvalue weighted by molar-refractivity contribution is 6.37. The number of carbonyl (C=O) groups is 5. The lowest BCUT2D eigenvalue weighted by Gasteiger charge is -2.39. The minimum atomic E-state index is -1.11. The molecule has 0 spiro atoms. The lowest BCUT2D eigenvalue weighted by atomic mass is 9.84. The predicted octanol–water partition coefficient (Wildman–Crippen LogP) is 0.978. The van der Waals surface area contributed by atoms with Crippen molar-refractivity contribution in [2.75, 3.05) is 25.0 Å². The first-order chi connectivity index (χ1) is 21.5. The van der Waals surface area contributed by atoms with Crippen LogP contribution in [-0.2, 0) is 19.2 Å². The molecule has 2 aliphatic carbocycles. The average Bonchev–Trinajstić information content (AvgIpc) is 3.80. The van der Waals surface area contributed by atoms with Gasteiger partial charge in [-0.3, -0.25) is 28.8 Å². The van der Waals surface area contributed by atoms with E-state index in [9.17, 15) is 33.6 Å². The Bertz CT molecular complexity index is 1520. The summed E-state index contributed by atoms with van der Waals surface area (Å²) in [5.74, 6) is -2.73. The quantitative estimate of drug-likeness (QED) is 0.240. The first-order valence-electron chi connectivity index (χ1n) is 16.5. The fourth-order valence-electron chi connectivity index (χ4n) is 7.16. The Morgan fingerprint density at radius 2 is 1.55 bits per heavy atom. The van der Waals surface area contributed by atoms with Crippen molar-refractivity contribution in [1.82, 2.24) is 20.9 Å². The monoisotopic (exact) mass is 656 g/mol. The Morgan fingerprint density at radius 1 is 0.957 bits per heavy atom. The van der Waals surface area contributed by atoms with Crippen molar-refractivity contribution < 1.29 is 24.0 Å². The van der Waals surface area contributed by atoms with Gasteiger partial charge in [0, 0.05) is 25.7 Å². The molecule has 6 atom stereocenters. The summed E-state index contributed by atoms with van der Waals surface area (Å²) in [5, 5.41) is 8.61. The third kappa shape index (κ3) is 7.23. The van der Waals surface area contributed by atoms with Crippen LogP contribution < -0.4 is 37.4 Å². The predicted molar refractivity (Wildman–Crippen MR) is 177 cm³/mol. The number of primary amides is 1. The van der Waals surface area contributed by atoms with Gasteiger partial charge in [-0.25, -0.2) is 4.79 Å². The number of nitrogens with zero attached hydrogens (tertiary/aromatic N) is 2. The number of fused-ring (bicyclic) bond motifs is 1. The van der Waals surface area contributed by atoms with Crippen LogP contribution in [0.5, 0.6) is 0 Å². The number of anilines is 1. The summed E-state index contributed by atoms with van der Waals surface area (Å²) in [6.07, 6.45) is 2.14. The van der Waals surface area contributed by atoms with E-state index in [0.29, 0.717) is 24.2 Å². The number of hydrogen-bond acceptors (Lipinski definition) is 8. The number of piperidine rings is 1. The lowest BCUT2D eigenvalue weighted by Crippen LogP contribution is -2.62. The summed E-state index contributed by atoms with van der Waals surface area (Å²) in [4.78, 5) is 93.3. The molecular formula is C34H52N6O7. The van der Waals surface area contributed by atoms with Crippen LogP contribution in [0.2, 0.25) is 0 Å². The summed E-state index contributed by atoms with van der Waals surface area (Å²) in [6.45, 7) is 17.5. The number of urea groups is 1. The normalized spacial score (nSPS) is 23.7. The molecular weight excluding hydrogens is 604 g/mol. The van der Waals surface area contributed by atoms with E-state index < -0.39 is 75.4 Å². The van der Waals surface area contributed by atoms with Crippen LogP contribution in [0.15, 0.2) is 9.59 Å². The standard InChI is InChI=1S/C34H52N6O7/c1-16-22(26(43)24(16)41)39(10)15-20(32(2,3)4)37-31(47)38-27(33(5,6)7)30(46)40-14-18-21(34(18,8)9)23(40)29(45)36-19(13-17-11-12-17)25(42)28(35)44/h17-21,23,27H,11-15H2,1-10H3,(H2,35,44)(H,36,45)(H2,37,38,47)/t18-,19?,20+,21-,23-,27+/m0/s1. The van der Waals surface area contributed by atoms with E-state index in [1.807, 2.05) is 55.4 Å². The van der Waals surface area contributed by atoms with Crippen molar-refractivity contribution in [2.24, 2.45) is 39.7 Å². The molecule has 3 aliphatic rings. The second kappa shape index (κ2) is 12.4. The van der Waals surface area contributed by atoms with Gasteiger partial charge in [0.05, 0.1) is 17.8 Å². The number of nitrogens with two attached hydrogens (primary N) is 1. The van der Waals surface area contributed by atoms with Gasteiger partial charge in [0.1, 0.15) is 12.1 Å². The molecule has 47 heavy (non-hydrogen) atoms. The molecule has 260 valence electrons. The van der Waals surface area contributed by atoms with E-state index in [1.54, 1.807) is 18.9 Å². The van der Waals surface area contributed by atoms with Gasteiger partial charge in [0.25, 0.3) is 5.91 Å². The Kier molecular flexibility index (Phi) is 9.48. The van der Waals surface area contributed by atoms with Crippen LogP contribution in [0.1, 0.15) is 80.2 Å². The molecule has 1 aliphatic heterocycles. The van der Waals surface area contributed by atoms with Crippen molar-refractivity contribution in [3.8, 4) is 0 Å². The van der Waals surface area contributed by atoms with Crippen LogP contribution in [0, 0.1) is 40.9 Å². The van der Waals surface area contributed by atoms with Gasteiger partial charge in [0.15, 0.2) is 0 Å². The van der Waals surface area contributed by atoms with E-state index in [2.05, 4.69) is 16.0 Å². The van der Waals surface area contributed by atoms with Crippen LogP contribution in [0.4, 0.5) is 10.5 Å². The fraction of sp³-hybridized carbons (Fsp3) is 0.735. The number of amides is 5. The highest BCUT2D eigenvalue weighted by Crippen LogP contribution is 2.65. The molecule has 3 fully saturated rings. The van der Waals surface area contributed by atoms with Crippen molar-refractivity contribution in [3.63, 3.8) is 0 Å². The summed E-state index contributed by atoms with van der Waals surface area (Å²) in [6, 6.07) is -4.00. The maximum atomic E-state index is 14.3. The number of likely N-dealkylation sites (tertiary alicyclic amines) is 1. The van der Waals surface area contributed by atoms with Gasteiger partial charge in [-0.2, -0.15) is 0 Å². The van der Waals surface area contributed by atoms with Crippen LogP contribution in [0.25, 0.3) is 0 Å². The van der Waals surface area contributed by atoms with Crippen molar-refractivity contribution in [3.05, 3.63) is 26.0 Å². The fourth-order valence-corrected chi connectivity index (χ4v) is 7.16. The summed E-state index contributed by atoms with van der Waals surface area (Å²) in [5.41, 5.74) is 3.54. The number of rotatable bonds is 12. The molecule has 2 saturated carbocycles. The molecule has 13 heteroatoms. The first-order valence-corrected chi connectivity index (χ1v) is 16.5. The second-order valence-electron chi connectivity index (χ2n) is 16.7. The zero-order chi connectivity index (χ0) is 35.5. The van der Waals surface area contributed by atoms with E-state index >= 15 is 0 Å². The van der Waals surface area contributed by atoms with Gasteiger partial charge in [-0.1, -0.05) is 68.2 Å². The maximum absolute atomic E-state index is 14.3. The van der Waals surface area contributed by atoms with E-state index in [-0.39, 0.29) is 29.7 Å². The molecule has 1 saturated heterocycles. The molecule has 13 nitrogen and oxygen atoms in total. The third-order valence-electron chi connectivity index (χ3n) is 10.6. The van der Waals surface area contributed by atoms with Crippen molar-refractivity contribution >= 4 is 35.2 Å². The third-order valence-corrected chi connectivity index (χ3v) is 10.6. The minimum Gasteiger partial charge on any atom is -0.369 e. The molecule has 0 bridgehead atoms. The Labute approximate surface area is 276 Å². The highest BCUT2D eigenvalue weighted by Gasteiger charge is 2.70. The zero-order valence-corrected chi connectivity index (χ0v) is 29.4. The SMILES string of the molecule is Cc1c(N(C)C[C@@H](NC(=O)N[C@H](C(=O)N2C[C@H]3[C@@H]([C@H]2C(=O)NC(CC2CC2)C(=O)C(N)=O)C3(C)C)C(C)(C)C)C(C)(C)C)c(=O)c1=O. The molecule has 1 unspecified atom stereocenters. The molecule has 0 radical (unpaired) electrons. The summed E-state index contributed by atoms with van der Waals surface area (Å²) >= 11 is 0. The lowest BCUT2D eigenvalue weighted by molar-refractivity contribution is -0.145. The number of carbonyl (C=O) groups excluding carboxylic acids is 5. The largest absolute Gasteiger partial charge is 0.369 e. The molecule has 4 rings (SSSR count). The summed E-state index contributed by atoms with van der Waals surface area (Å²) in [7, 11) is 1.70. The van der Waals surface area contributed by atoms with Crippen molar-refractivity contribution in [1.29, 1.82) is 0 Å². The van der Waals surface area contributed by atoms with Gasteiger partial charge >= 0.3 is 6.03 Å².